The van der Waals surface area contributed by atoms with E-state index in [9.17, 15) is 12.8 Å². The van der Waals surface area contributed by atoms with Crippen LogP contribution < -0.4 is 5.32 Å². The van der Waals surface area contributed by atoms with E-state index in [0.29, 0.717) is 5.56 Å². The molecule has 0 radical (unpaired) electrons. The molecule has 134 valence electrons. The topological polar surface area (TPSA) is 55.4 Å². The molecule has 1 fully saturated rings. The minimum atomic E-state index is -3.70. The lowest BCUT2D eigenvalue weighted by Crippen LogP contribution is -2.42. The number of hydrogen-bond donors (Lipinski definition) is 1. The van der Waals surface area contributed by atoms with E-state index in [1.165, 1.54) is 6.07 Å². The Hall–Kier alpha value is -1.76. The van der Waals surface area contributed by atoms with Gasteiger partial charge in [0.05, 0.1) is 6.26 Å². The van der Waals surface area contributed by atoms with Crippen LogP contribution in [0, 0.1) is 5.82 Å². The van der Waals surface area contributed by atoms with Crippen molar-refractivity contribution < 1.29 is 17.0 Å². The third-order valence-electron chi connectivity index (χ3n) is 4.51. The Bertz CT molecular complexity index is 804. The zero-order valence-electron chi connectivity index (χ0n) is 14.1. The van der Waals surface area contributed by atoms with E-state index < -0.39 is 22.1 Å². The van der Waals surface area contributed by atoms with Crippen molar-refractivity contribution in [2.75, 3.05) is 12.8 Å². The molecular weight excluding hydrogens is 341 g/mol. The van der Waals surface area contributed by atoms with Crippen LogP contribution in [0.4, 0.5) is 4.39 Å². The van der Waals surface area contributed by atoms with Crippen LogP contribution in [0.5, 0.6) is 0 Å². The van der Waals surface area contributed by atoms with Gasteiger partial charge in [-0.05, 0) is 36.6 Å². The summed E-state index contributed by atoms with van der Waals surface area (Å²) in [4.78, 5) is 0. The summed E-state index contributed by atoms with van der Waals surface area (Å²) in [6, 6.07) is 15.7. The molecule has 3 atom stereocenters. The molecular formula is C19H22FNO3S. The second-order valence-corrected chi connectivity index (χ2v) is 7.98. The molecule has 0 amide bonds. The van der Waals surface area contributed by atoms with E-state index in [-0.39, 0.29) is 11.9 Å². The lowest BCUT2D eigenvalue weighted by Gasteiger charge is -2.32. The molecule has 4 nitrogen and oxygen atoms in total. The Labute approximate surface area is 148 Å². The first-order valence-electron chi connectivity index (χ1n) is 8.37. The molecule has 0 saturated carbocycles. The Kier molecular flexibility index (Phi) is 5.51. The summed E-state index contributed by atoms with van der Waals surface area (Å²) in [5.41, 5.74) is 1.27. The zero-order valence-corrected chi connectivity index (χ0v) is 14.9. The summed E-state index contributed by atoms with van der Waals surface area (Å²) in [6.07, 6.45) is 2.06. The lowest BCUT2D eigenvalue weighted by atomic mass is 9.83. The molecule has 3 rings (SSSR count). The molecule has 1 aliphatic rings. The van der Waals surface area contributed by atoms with Gasteiger partial charge in [-0.3, -0.25) is 4.18 Å². The highest BCUT2D eigenvalue weighted by Gasteiger charge is 2.37. The van der Waals surface area contributed by atoms with Crippen molar-refractivity contribution in [2.45, 2.75) is 30.9 Å². The van der Waals surface area contributed by atoms with Crippen molar-refractivity contribution >= 4 is 10.1 Å². The highest BCUT2D eigenvalue weighted by molar-refractivity contribution is 7.86. The van der Waals surface area contributed by atoms with E-state index in [1.54, 1.807) is 18.2 Å². The Morgan fingerprint density at radius 2 is 1.80 bits per heavy atom. The van der Waals surface area contributed by atoms with Gasteiger partial charge in [0.15, 0.2) is 0 Å². The van der Waals surface area contributed by atoms with Gasteiger partial charge in [0.25, 0.3) is 10.1 Å². The Morgan fingerprint density at radius 3 is 2.40 bits per heavy atom. The molecule has 0 bridgehead atoms. The van der Waals surface area contributed by atoms with Gasteiger partial charge in [0.2, 0.25) is 0 Å². The van der Waals surface area contributed by atoms with E-state index in [4.69, 9.17) is 4.18 Å². The van der Waals surface area contributed by atoms with Crippen LogP contribution >= 0.6 is 0 Å². The first-order valence-corrected chi connectivity index (χ1v) is 10.2. The van der Waals surface area contributed by atoms with Gasteiger partial charge in [-0.25, -0.2) is 4.39 Å². The van der Waals surface area contributed by atoms with Crippen molar-refractivity contribution in [2.24, 2.45) is 0 Å². The molecule has 1 heterocycles. The monoisotopic (exact) mass is 363 g/mol. The van der Waals surface area contributed by atoms with Crippen molar-refractivity contribution in [1.29, 1.82) is 0 Å². The quantitative estimate of drug-likeness (QED) is 0.802. The smallest absolute Gasteiger partial charge is 0.264 e. The van der Waals surface area contributed by atoms with Crippen molar-refractivity contribution in [3.63, 3.8) is 0 Å². The molecule has 6 heteroatoms. The number of benzene rings is 2. The lowest BCUT2D eigenvalue weighted by molar-refractivity contribution is 0.151. The van der Waals surface area contributed by atoms with Gasteiger partial charge in [-0.1, -0.05) is 48.5 Å². The predicted molar refractivity (Wildman–Crippen MR) is 95.4 cm³/mol. The van der Waals surface area contributed by atoms with Crippen LogP contribution in [0.3, 0.4) is 0 Å². The minimum absolute atomic E-state index is 0.153. The van der Waals surface area contributed by atoms with Crippen molar-refractivity contribution in [3.8, 4) is 0 Å². The standard InChI is InChI=1S/C19H22FNO3S/c1-25(22,23)24-19(17-12-7-13-21-17)18(14-8-3-2-4-9-14)15-10-5-6-11-16(15)20/h2-6,8-11,17-19,21H,7,12-13H2,1H3. The van der Waals surface area contributed by atoms with E-state index in [0.717, 1.165) is 31.2 Å². The number of hydrogen-bond acceptors (Lipinski definition) is 4. The van der Waals surface area contributed by atoms with Gasteiger partial charge in [-0.2, -0.15) is 8.42 Å². The summed E-state index contributed by atoms with van der Waals surface area (Å²) in [5, 5.41) is 3.31. The second-order valence-electron chi connectivity index (χ2n) is 6.38. The summed E-state index contributed by atoms with van der Waals surface area (Å²) >= 11 is 0. The van der Waals surface area contributed by atoms with Crippen LogP contribution in [-0.4, -0.2) is 33.4 Å². The van der Waals surface area contributed by atoms with Crippen LogP contribution in [0.25, 0.3) is 0 Å². The summed E-state index contributed by atoms with van der Waals surface area (Å²) in [7, 11) is -3.70. The maximum atomic E-state index is 14.6. The first-order chi connectivity index (χ1) is 12.0. The zero-order chi connectivity index (χ0) is 17.9. The molecule has 0 aromatic heterocycles. The average molecular weight is 363 g/mol. The molecule has 0 aliphatic carbocycles. The van der Waals surface area contributed by atoms with Gasteiger partial charge >= 0.3 is 0 Å². The fourth-order valence-corrected chi connectivity index (χ4v) is 4.13. The molecule has 0 spiro atoms. The molecule has 1 saturated heterocycles. The third kappa shape index (κ3) is 4.45. The predicted octanol–water partition coefficient (Wildman–Crippen LogP) is 3.05. The maximum absolute atomic E-state index is 14.6. The van der Waals surface area contributed by atoms with Gasteiger partial charge in [-0.15, -0.1) is 0 Å². The van der Waals surface area contributed by atoms with Crippen LogP contribution in [0.1, 0.15) is 29.9 Å². The molecule has 1 N–H and O–H groups in total. The third-order valence-corrected chi connectivity index (χ3v) is 5.08. The summed E-state index contributed by atoms with van der Waals surface area (Å²) in [5.74, 6) is -0.885. The minimum Gasteiger partial charge on any atom is -0.311 e. The number of rotatable bonds is 6. The maximum Gasteiger partial charge on any atom is 0.264 e. The van der Waals surface area contributed by atoms with Crippen LogP contribution in [0.2, 0.25) is 0 Å². The van der Waals surface area contributed by atoms with Gasteiger partial charge in [0, 0.05) is 12.0 Å². The largest absolute Gasteiger partial charge is 0.311 e. The van der Waals surface area contributed by atoms with E-state index in [1.807, 2.05) is 30.3 Å². The Balaban J connectivity index is 2.11. The average Bonchev–Trinajstić information content (AvgIpc) is 3.10. The van der Waals surface area contributed by atoms with Crippen LogP contribution in [-0.2, 0) is 14.3 Å². The SMILES string of the molecule is CS(=O)(=O)OC(C1CCCN1)C(c1ccccc1)c1ccccc1F. The highest BCUT2D eigenvalue weighted by Crippen LogP contribution is 2.35. The molecule has 2 aromatic rings. The molecule has 3 unspecified atom stereocenters. The van der Waals surface area contributed by atoms with Gasteiger partial charge in [0.1, 0.15) is 11.9 Å². The first kappa shape index (κ1) is 18.0. The van der Waals surface area contributed by atoms with E-state index >= 15 is 0 Å². The number of halogens is 1. The number of nitrogens with one attached hydrogen (secondary N) is 1. The van der Waals surface area contributed by atoms with Crippen molar-refractivity contribution in [3.05, 3.63) is 71.5 Å². The van der Waals surface area contributed by atoms with Crippen LogP contribution in [0.15, 0.2) is 54.6 Å². The van der Waals surface area contributed by atoms with E-state index in [2.05, 4.69) is 5.32 Å². The fourth-order valence-electron chi connectivity index (χ4n) is 3.48. The van der Waals surface area contributed by atoms with Gasteiger partial charge < -0.3 is 5.32 Å². The molecule has 25 heavy (non-hydrogen) atoms. The molecule has 2 aromatic carbocycles. The highest BCUT2D eigenvalue weighted by atomic mass is 32.2. The summed E-state index contributed by atoms with van der Waals surface area (Å²) < 4.78 is 43.9. The normalized spacial score (nSPS) is 20.3. The van der Waals surface area contributed by atoms with Crippen molar-refractivity contribution in [1.82, 2.24) is 5.32 Å². The second kappa shape index (κ2) is 7.64. The summed E-state index contributed by atoms with van der Waals surface area (Å²) in [6.45, 7) is 0.799. The Morgan fingerprint density at radius 1 is 1.12 bits per heavy atom. The fraction of sp³-hybridized carbons (Fsp3) is 0.368. The molecule has 1 aliphatic heterocycles.